The SMILES string of the molecule is C1=CSPP=C1. The van der Waals surface area contributed by atoms with Crippen LogP contribution in [0.25, 0.3) is 0 Å². The van der Waals surface area contributed by atoms with E-state index in [0.29, 0.717) is 0 Å². The van der Waals surface area contributed by atoms with E-state index in [2.05, 4.69) is 17.3 Å². The molecule has 0 N–H and O–H groups in total. The average molecular weight is 134 g/mol. The fourth-order valence-electron chi connectivity index (χ4n) is 0.209. The quantitative estimate of drug-likeness (QED) is 0.458. The molecule has 0 aromatic heterocycles. The van der Waals surface area contributed by atoms with E-state index in [1.807, 2.05) is 11.4 Å². The lowest BCUT2D eigenvalue weighted by atomic mass is 10.8. The van der Waals surface area contributed by atoms with Crippen LogP contribution in [0.5, 0.6) is 0 Å². The first-order valence-electron chi connectivity index (χ1n) is 1.59. The van der Waals surface area contributed by atoms with Crippen molar-refractivity contribution in [3.8, 4) is 0 Å². The molecule has 0 spiro atoms. The van der Waals surface area contributed by atoms with Crippen LogP contribution in [0.1, 0.15) is 0 Å². The van der Waals surface area contributed by atoms with Gasteiger partial charge in [-0.1, -0.05) is 14.0 Å². The van der Waals surface area contributed by atoms with Gasteiger partial charge in [0, 0.05) is 0 Å². The highest BCUT2D eigenvalue weighted by atomic mass is 32.9. The maximum Gasteiger partial charge on any atom is -0.00349 e. The van der Waals surface area contributed by atoms with E-state index >= 15 is 0 Å². The van der Waals surface area contributed by atoms with Gasteiger partial charge < -0.3 is 0 Å². The van der Waals surface area contributed by atoms with E-state index < -0.39 is 0 Å². The van der Waals surface area contributed by atoms with Crippen molar-refractivity contribution in [2.45, 2.75) is 0 Å². The molecule has 1 rings (SSSR count). The largest absolute Gasteiger partial charge is 0.101 e. The van der Waals surface area contributed by atoms with E-state index in [1.54, 1.807) is 0 Å². The molecule has 1 unspecified atom stereocenters. The number of hydrogen-bond acceptors (Lipinski definition) is 1. The van der Waals surface area contributed by atoms with E-state index in [9.17, 15) is 0 Å². The van der Waals surface area contributed by atoms with Gasteiger partial charge in [0.15, 0.2) is 0 Å². The lowest BCUT2D eigenvalue weighted by Gasteiger charge is -1.87. The Balaban J connectivity index is 2.46. The molecule has 0 aromatic rings. The van der Waals surface area contributed by atoms with Gasteiger partial charge in [0.25, 0.3) is 0 Å². The molecule has 1 aliphatic rings. The van der Waals surface area contributed by atoms with Crippen LogP contribution >= 0.6 is 26.7 Å². The molecule has 32 valence electrons. The van der Waals surface area contributed by atoms with E-state index in [4.69, 9.17) is 0 Å². The molecule has 0 nitrogen and oxygen atoms in total. The van der Waals surface area contributed by atoms with Crippen molar-refractivity contribution < 1.29 is 0 Å². The first-order chi connectivity index (χ1) is 3.00. The van der Waals surface area contributed by atoms with Crippen molar-refractivity contribution in [3.63, 3.8) is 0 Å². The summed E-state index contributed by atoms with van der Waals surface area (Å²) in [5.74, 6) is 2.18. The summed E-state index contributed by atoms with van der Waals surface area (Å²) in [5.41, 5.74) is 0. The van der Waals surface area contributed by atoms with Crippen LogP contribution in [0.15, 0.2) is 11.5 Å². The minimum absolute atomic E-state index is 1.05. The van der Waals surface area contributed by atoms with Gasteiger partial charge in [0.05, 0.1) is 0 Å². The summed E-state index contributed by atoms with van der Waals surface area (Å²) in [6, 6.07) is 0. The molecule has 1 atom stereocenters. The van der Waals surface area contributed by atoms with Gasteiger partial charge in [-0.25, -0.2) is 0 Å². The van der Waals surface area contributed by atoms with Crippen molar-refractivity contribution in [1.29, 1.82) is 0 Å². The zero-order chi connectivity index (χ0) is 4.24. The lowest BCUT2D eigenvalue weighted by Crippen LogP contribution is -1.51. The smallest absolute Gasteiger partial charge is 0.00349 e. The highest BCUT2D eigenvalue weighted by Gasteiger charge is 1.78. The maximum absolute atomic E-state index is 2.18. The molecule has 0 aromatic carbocycles. The monoisotopic (exact) mass is 134 g/mol. The molecule has 1 aliphatic heterocycles. The fourth-order valence-corrected chi connectivity index (χ4v) is 3.52. The summed E-state index contributed by atoms with van der Waals surface area (Å²) in [4.78, 5) is 0. The zero-order valence-electron chi connectivity index (χ0n) is 3.09. The van der Waals surface area contributed by atoms with Crippen LogP contribution in [0.2, 0.25) is 0 Å². The van der Waals surface area contributed by atoms with Gasteiger partial charge in [-0.2, -0.15) is 0 Å². The van der Waals surface area contributed by atoms with Gasteiger partial charge in [0.2, 0.25) is 0 Å². The average Bonchev–Trinajstić information content (AvgIpc) is 1.72. The molecular formula is C3H4P2S. The van der Waals surface area contributed by atoms with Crippen molar-refractivity contribution >= 4 is 32.5 Å². The second-order valence-electron chi connectivity index (χ2n) is 0.816. The summed E-state index contributed by atoms with van der Waals surface area (Å²) in [6.45, 7) is 0. The van der Waals surface area contributed by atoms with Crippen LogP contribution in [0.3, 0.4) is 0 Å². The first-order valence-corrected chi connectivity index (χ1v) is 6.00. The number of rotatable bonds is 0. The molecule has 1 heterocycles. The molecule has 0 saturated heterocycles. The minimum Gasteiger partial charge on any atom is -0.101 e. The molecule has 6 heavy (non-hydrogen) atoms. The predicted octanol–water partition coefficient (Wildman–Crippen LogP) is 2.50. The van der Waals surface area contributed by atoms with E-state index in [0.717, 1.165) is 7.47 Å². The Labute approximate surface area is 44.6 Å². The summed E-state index contributed by atoms with van der Waals surface area (Å²) >= 11 is 1.90. The Morgan fingerprint density at radius 1 is 1.67 bits per heavy atom. The van der Waals surface area contributed by atoms with Crippen LogP contribution in [0, 0.1) is 0 Å². The summed E-state index contributed by atoms with van der Waals surface area (Å²) < 4.78 is 0. The van der Waals surface area contributed by atoms with E-state index in [1.165, 1.54) is 7.89 Å². The summed E-state index contributed by atoms with van der Waals surface area (Å²) in [7, 11) is 2.53. The minimum atomic E-state index is 1.05. The lowest BCUT2D eigenvalue weighted by molar-refractivity contribution is 2.48. The molecule has 0 aliphatic carbocycles. The highest BCUT2D eigenvalue weighted by Crippen LogP contribution is 2.44. The van der Waals surface area contributed by atoms with Gasteiger partial charge in [-0.05, 0) is 18.7 Å². The fraction of sp³-hybridized carbons (Fsp3) is 0. The molecule has 0 fully saturated rings. The van der Waals surface area contributed by atoms with Gasteiger partial charge in [-0.3, -0.25) is 0 Å². The second kappa shape index (κ2) is 2.80. The van der Waals surface area contributed by atoms with Crippen molar-refractivity contribution in [1.82, 2.24) is 0 Å². The Kier molecular flexibility index (Phi) is 2.26. The predicted molar refractivity (Wildman–Crippen MR) is 38.0 cm³/mol. The Morgan fingerprint density at radius 3 is 2.83 bits per heavy atom. The second-order valence-corrected chi connectivity index (χ2v) is 5.74. The number of allylic oxidation sites excluding steroid dienone is 1. The van der Waals surface area contributed by atoms with Crippen molar-refractivity contribution in [3.05, 3.63) is 11.5 Å². The zero-order valence-corrected chi connectivity index (χ0v) is 5.80. The third-order valence-corrected chi connectivity index (χ3v) is 4.62. The standard InChI is InChI=1S/C3H4P2S/c1-2-4-5-6-3-1/h1-3,5H. The first kappa shape index (κ1) is 4.84. The van der Waals surface area contributed by atoms with E-state index in [-0.39, 0.29) is 0 Å². The van der Waals surface area contributed by atoms with Crippen LogP contribution in [-0.4, -0.2) is 5.80 Å². The molecule has 0 amide bonds. The Hall–Kier alpha value is 0.690. The summed E-state index contributed by atoms with van der Waals surface area (Å²) in [6.07, 6.45) is 2.10. The topological polar surface area (TPSA) is 0 Å². The van der Waals surface area contributed by atoms with Gasteiger partial charge >= 0.3 is 0 Å². The van der Waals surface area contributed by atoms with Crippen LogP contribution < -0.4 is 0 Å². The van der Waals surface area contributed by atoms with Gasteiger partial charge in [0.1, 0.15) is 0 Å². The van der Waals surface area contributed by atoms with Crippen LogP contribution in [-0.2, 0) is 0 Å². The molecule has 0 radical (unpaired) electrons. The molecule has 3 heteroatoms. The molecular weight excluding hydrogens is 130 g/mol. The Bertz CT molecular complexity index is 74.8. The maximum atomic E-state index is 2.18. The number of hydrogen-bond donors (Lipinski definition) is 0. The molecule has 0 saturated carbocycles. The third-order valence-electron chi connectivity index (χ3n) is 0.413. The highest BCUT2D eigenvalue weighted by molar-refractivity contribution is 8.68. The summed E-state index contributed by atoms with van der Waals surface area (Å²) in [5, 5.41) is 2.13. The third kappa shape index (κ3) is 1.43. The van der Waals surface area contributed by atoms with Crippen LogP contribution in [0.4, 0.5) is 0 Å². The van der Waals surface area contributed by atoms with Crippen molar-refractivity contribution in [2.24, 2.45) is 0 Å². The molecule has 0 bridgehead atoms. The Morgan fingerprint density at radius 2 is 2.67 bits per heavy atom. The normalized spacial score (nSPS) is 25.3. The van der Waals surface area contributed by atoms with Crippen molar-refractivity contribution in [2.75, 3.05) is 0 Å². The van der Waals surface area contributed by atoms with Gasteiger partial charge in [-0.15, -0.1) is 11.4 Å².